The van der Waals surface area contributed by atoms with Gasteiger partial charge in [0.2, 0.25) is 0 Å². The van der Waals surface area contributed by atoms with Gasteiger partial charge in [-0.2, -0.15) is 0 Å². The van der Waals surface area contributed by atoms with E-state index in [1.807, 2.05) is 25.1 Å². The number of hydrogen-bond donors (Lipinski definition) is 2. The zero-order valence-corrected chi connectivity index (χ0v) is 13.3. The molecule has 1 aliphatic rings. The van der Waals surface area contributed by atoms with Crippen molar-refractivity contribution >= 4 is 23.1 Å². The number of carbonyl (C=O) groups excluding carboxylic acids is 1. The van der Waals surface area contributed by atoms with Crippen LogP contribution in [0.4, 0.5) is 0 Å². The average molecular weight is 306 g/mol. The molecule has 0 saturated carbocycles. The Kier molecular flexibility index (Phi) is 4.47. The summed E-state index contributed by atoms with van der Waals surface area (Å²) in [4.78, 5) is 11.9. The van der Waals surface area contributed by atoms with Crippen LogP contribution in [0.5, 0.6) is 11.5 Å². The topological polar surface area (TPSA) is 59.6 Å². The SMILES string of the molecule is COc1ccc([C@H]2NC(=S)NC(C)=C2C(C)=O)cc1OC. The van der Waals surface area contributed by atoms with Gasteiger partial charge in [0, 0.05) is 11.3 Å². The number of rotatable bonds is 4. The average Bonchev–Trinajstić information content (AvgIpc) is 2.45. The van der Waals surface area contributed by atoms with Crippen molar-refractivity contribution < 1.29 is 14.3 Å². The Morgan fingerprint density at radius 1 is 1.24 bits per heavy atom. The highest BCUT2D eigenvalue weighted by molar-refractivity contribution is 7.80. The molecule has 1 atom stereocenters. The summed E-state index contributed by atoms with van der Waals surface area (Å²) in [7, 11) is 3.16. The van der Waals surface area contributed by atoms with Gasteiger partial charge in [0.05, 0.1) is 20.3 Å². The molecule has 0 amide bonds. The fraction of sp³-hybridized carbons (Fsp3) is 0.333. The number of thiocarbonyl (C=S) groups is 1. The van der Waals surface area contributed by atoms with E-state index in [1.165, 1.54) is 0 Å². The number of ether oxygens (including phenoxy) is 2. The number of ketones is 1. The van der Waals surface area contributed by atoms with Crippen molar-refractivity contribution in [2.75, 3.05) is 14.2 Å². The molecular formula is C15H18N2O3S. The van der Waals surface area contributed by atoms with E-state index in [2.05, 4.69) is 10.6 Å². The standard InChI is InChI=1S/C15H18N2O3S/c1-8-13(9(2)18)14(17-15(21)16-8)10-5-6-11(19-3)12(7-10)20-4/h5-7,14H,1-4H3,(H2,16,17,21)/t14-/m1/s1. The van der Waals surface area contributed by atoms with Gasteiger partial charge in [0.1, 0.15) is 0 Å². The van der Waals surface area contributed by atoms with E-state index in [0.717, 1.165) is 11.3 Å². The van der Waals surface area contributed by atoms with Crippen molar-refractivity contribution in [1.29, 1.82) is 0 Å². The van der Waals surface area contributed by atoms with Crippen molar-refractivity contribution in [2.45, 2.75) is 19.9 Å². The first kappa shape index (κ1) is 15.3. The molecule has 0 bridgehead atoms. The van der Waals surface area contributed by atoms with Crippen LogP contribution in [0.15, 0.2) is 29.5 Å². The molecule has 0 radical (unpaired) electrons. The maximum atomic E-state index is 11.9. The summed E-state index contributed by atoms with van der Waals surface area (Å²) >= 11 is 5.19. The molecule has 1 aromatic rings. The van der Waals surface area contributed by atoms with E-state index in [0.29, 0.717) is 22.2 Å². The Balaban J connectivity index is 2.50. The number of carbonyl (C=O) groups is 1. The molecule has 5 nitrogen and oxygen atoms in total. The quantitative estimate of drug-likeness (QED) is 0.831. The van der Waals surface area contributed by atoms with Crippen LogP contribution in [0.1, 0.15) is 25.5 Å². The van der Waals surface area contributed by atoms with Crippen LogP contribution >= 0.6 is 12.2 Å². The second-order valence-corrected chi connectivity index (χ2v) is 5.15. The number of hydrogen-bond acceptors (Lipinski definition) is 4. The largest absolute Gasteiger partial charge is 0.493 e. The Hall–Kier alpha value is -2.08. The van der Waals surface area contributed by atoms with Crippen LogP contribution in [-0.2, 0) is 4.79 Å². The zero-order chi connectivity index (χ0) is 15.6. The molecule has 0 saturated heterocycles. The maximum Gasteiger partial charge on any atom is 0.171 e. The molecular weight excluding hydrogens is 288 g/mol. The van der Waals surface area contributed by atoms with Crippen LogP contribution in [-0.4, -0.2) is 25.1 Å². The predicted molar refractivity (Wildman–Crippen MR) is 84.5 cm³/mol. The summed E-state index contributed by atoms with van der Waals surface area (Å²) in [6.07, 6.45) is 0. The molecule has 2 N–H and O–H groups in total. The third kappa shape index (κ3) is 3.00. The molecule has 2 rings (SSSR count). The van der Waals surface area contributed by atoms with E-state index in [4.69, 9.17) is 21.7 Å². The first-order valence-electron chi connectivity index (χ1n) is 6.49. The number of methoxy groups -OCH3 is 2. The van der Waals surface area contributed by atoms with Gasteiger partial charge in [0.15, 0.2) is 22.4 Å². The molecule has 112 valence electrons. The van der Waals surface area contributed by atoms with Gasteiger partial charge in [-0.05, 0) is 43.8 Å². The van der Waals surface area contributed by atoms with Crippen LogP contribution in [0.2, 0.25) is 0 Å². The van der Waals surface area contributed by atoms with E-state index < -0.39 is 0 Å². The Labute approximate surface area is 129 Å². The van der Waals surface area contributed by atoms with E-state index in [1.54, 1.807) is 21.1 Å². The Morgan fingerprint density at radius 3 is 2.48 bits per heavy atom. The first-order chi connectivity index (χ1) is 9.97. The normalized spacial score (nSPS) is 17.9. The van der Waals surface area contributed by atoms with E-state index >= 15 is 0 Å². The summed E-state index contributed by atoms with van der Waals surface area (Å²) in [5.74, 6) is 1.25. The van der Waals surface area contributed by atoms with E-state index in [9.17, 15) is 4.79 Å². The zero-order valence-electron chi connectivity index (χ0n) is 12.4. The second-order valence-electron chi connectivity index (χ2n) is 4.74. The lowest BCUT2D eigenvalue weighted by atomic mass is 9.93. The third-order valence-corrected chi connectivity index (χ3v) is 3.61. The smallest absolute Gasteiger partial charge is 0.171 e. The summed E-state index contributed by atoms with van der Waals surface area (Å²) in [6, 6.07) is 5.26. The molecule has 1 aromatic carbocycles. The Bertz CT molecular complexity index is 625. The fourth-order valence-electron chi connectivity index (χ4n) is 2.44. The van der Waals surface area contributed by atoms with Gasteiger partial charge >= 0.3 is 0 Å². The maximum absolute atomic E-state index is 11.9. The summed E-state index contributed by atoms with van der Waals surface area (Å²) in [5, 5.41) is 6.61. The highest BCUT2D eigenvalue weighted by Gasteiger charge is 2.28. The van der Waals surface area contributed by atoms with Gasteiger partial charge in [-0.1, -0.05) is 6.07 Å². The van der Waals surface area contributed by atoms with Crippen LogP contribution in [0.3, 0.4) is 0 Å². The van der Waals surface area contributed by atoms with E-state index in [-0.39, 0.29) is 11.8 Å². The molecule has 0 spiro atoms. The first-order valence-corrected chi connectivity index (χ1v) is 6.90. The minimum absolute atomic E-state index is 0.00483. The lowest BCUT2D eigenvalue weighted by molar-refractivity contribution is -0.114. The molecule has 0 aliphatic carbocycles. The number of nitrogens with one attached hydrogen (secondary N) is 2. The molecule has 0 unspecified atom stereocenters. The second kappa shape index (κ2) is 6.13. The van der Waals surface area contributed by atoms with Gasteiger partial charge < -0.3 is 20.1 Å². The van der Waals surface area contributed by atoms with Crippen molar-refractivity contribution in [1.82, 2.24) is 10.6 Å². The lowest BCUT2D eigenvalue weighted by Crippen LogP contribution is -2.44. The van der Waals surface area contributed by atoms with Crippen molar-refractivity contribution in [3.8, 4) is 11.5 Å². The Morgan fingerprint density at radius 2 is 1.90 bits per heavy atom. The predicted octanol–water partition coefficient (Wildman–Crippen LogP) is 2.09. The van der Waals surface area contributed by atoms with Crippen LogP contribution in [0.25, 0.3) is 0 Å². The van der Waals surface area contributed by atoms with Gasteiger partial charge in [-0.25, -0.2) is 0 Å². The van der Waals surface area contributed by atoms with Crippen molar-refractivity contribution in [3.05, 3.63) is 35.0 Å². The van der Waals surface area contributed by atoms with Crippen molar-refractivity contribution in [3.63, 3.8) is 0 Å². The van der Waals surface area contributed by atoms with Crippen molar-refractivity contribution in [2.24, 2.45) is 0 Å². The summed E-state index contributed by atoms with van der Waals surface area (Å²) < 4.78 is 10.5. The minimum atomic E-state index is -0.295. The van der Waals surface area contributed by atoms with Gasteiger partial charge in [-0.3, -0.25) is 4.79 Å². The monoisotopic (exact) mass is 306 g/mol. The lowest BCUT2D eigenvalue weighted by Gasteiger charge is -2.30. The minimum Gasteiger partial charge on any atom is -0.493 e. The molecule has 0 fully saturated rings. The molecule has 6 heteroatoms. The number of benzene rings is 1. The molecule has 21 heavy (non-hydrogen) atoms. The number of Topliss-reactive ketones (excluding diaryl/α,β-unsaturated/α-hetero) is 1. The molecule has 1 aliphatic heterocycles. The highest BCUT2D eigenvalue weighted by atomic mass is 32.1. The fourth-order valence-corrected chi connectivity index (χ4v) is 2.71. The summed E-state index contributed by atoms with van der Waals surface area (Å²) in [5.41, 5.74) is 2.32. The van der Waals surface area contributed by atoms with Gasteiger partial charge in [-0.15, -0.1) is 0 Å². The van der Waals surface area contributed by atoms with Crippen LogP contribution < -0.4 is 20.1 Å². The van der Waals surface area contributed by atoms with Crippen LogP contribution in [0, 0.1) is 0 Å². The number of allylic oxidation sites excluding steroid dienone is 1. The third-order valence-electron chi connectivity index (χ3n) is 3.39. The van der Waals surface area contributed by atoms with Gasteiger partial charge in [0.25, 0.3) is 0 Å². The molecule has 1 heterocycles. The summed E-state index contributed by atoms with van der Waals surface area (Å²) in [6.45, 7) is 3.39. The highest BCUT2D eigenvalue weighted by Crippen LogP contribution is 2.34. The molecule has 0 aromatic heterocycles.